The minimum absolute atomic E-state index is 0.165. The van der Waals surface area contributed by atoms with E-state index in [1.54, 1.807) is 19.9 Å². The van der Waals surface area contributed by atoms with E-state index in [2.05, 4.69) is 5.32 Å². The van der Waals surface area contributed by atoms with E-state index in [0.29, 0.717) is 0 Å². The number of carboxylic acid groups (broad SMARTS) is 1. The van der Waals surface area contributed by atoms with Crippen molar-refractivity contribution < 1.29 is 19.1 Å². The summed E-state index contributed by atoms with van der Waals surface area (Å²) in [6.45, 7) is 3.39. The average Bonchev–Trinajstić information content (AvgIpc) is 2.38. The predicted octanol–water partition coefficient (Wildman–Crippen LogP) is 2.13. The van der Waals surface area contributed by atoms with Crippen molar-refractivity contribution in [3.63, 3.8) is 0 Å². The summed E-state index contributed by atoms with van der Waals surface area (Å²) >= 11 is 0. The highest BCUT2D eigenvalue weighted by Crippen LogP contribution is 2.16. The topological polar surface area (TPSA) is 66.4 Å². The van der Waals surface area contributed by atoms with Gasteiger partial charge in [0.2, 0.25) is 5.91 Å². The number of carbonyl (C=O) groups excluding carboxylic acids is 1. The maximum Gasteiger partial charge on any atom is 0.329 e. The van der Waals surface area contributed by atoms with Crippen LogP contribution in [-0.4, -0.2) is 22.5 Å². The van der Waals surface area contributed by atoms with Crippen LogP contribution in [0, 0.1) is 5.82 Å². The maximum atomic E-state index is 13.4. The smallest absolute Gasteiger partial charge is 0.329 e. The maximum absolute atomic E-state index is 13.4. The van der Waals surface area contributed by atoms with Gasteiger partial charge in [-0.25, -0.2) is 9.18 Å². The summed E-state index contributed by atoms with van der Waals surface area (Å²) < 4.78 is 13.4. The molecule has 0 saturated carbocycles. The molecule has 19 heavy (non-hydrogen) atoms. The third kappa shape index (κ3) is 3.53. The highest BCUT2D eigenvalue weighted by molar-refractivity contribution is 5.87. The zero-order chi connectivity index (χ0) is 14.5. The molecule has 104 valence electrons. The van der Waals surface area contributed by atoms with Crippen LogP contribution in [-0.2, 0) is 16.0 Å². The van der Waals surface area contributed by atoms with Crippen LogP contribution >= 0.6 is 0 Å². The number of amides is 1. The van der Waals surface area contributed by atoms with Gasteiger partial charge >= 0.3 is 5.97 Å². The molecule has 4 nitrogen and oxygen atoms in total. The molecule has 2 N–H and O–H groups in total. The summed E-state index contributed by atoms with van der Waals surface area (Å²) in [5.41, 5.74) is -1.02. The lowest BCUT2D eigenvalue weighted by Gasteiger charge is -2.28. The Morgan fingerprint density at radius 1 is 1.26 bits per heavy atom. The molecular formula is C14H18FNO3. The molecule has 1 aromatic carbocycles. The Bertz CT molecular complexity index is 470. The van der Waals surface area contributed by atoms with E-state index < -0.39 is 23.2 Å². The van der Waals surface area contributed by atoms with Gasteiger partial charge in [0.15, 0.2) is 0 Å². The van der Waals surface area contributed by atoms with Crippen molar-refractivity contribution in [3.8, 4) is 0 Å². The second-order valence-corrected chi connectivity index (χ2v) is 4.41. The standard InChI is InChI=1S/C14H18FNO3/c1-3-14(4-2,13(18)19)16-12(17)9-10-7-5-6-8-11(10)15/h5-8H,3-4,9H2,1-2H3,(H,16,17)(H,18,19). The zero-order valence-electron chi connectivity index (χ0n) is 11.1. The highest BCUT2D eigenvalue weighted by atomic mass is 19.1. The molecular weight excluding hydrogens is 249 g/mol. The van der Waals surface area contributed by atoms with E-state index in [1.807, 2.05) is 0 Å². The third-order valence-corrected chi connectivity index (χ3v) is 3.30. The van der Waals surface area contributed by atoms with Crippen molar-refractivity contribution >= 4 is 11.9 Å². The lowest BCUT2D eigenvalue weighted by molar-refractivity contribution is -0.148. The first-order chi connectivity index (χ1) is 8.95. The van der Waals surface area contributed by atoms with E-state index >= 15 is 0 Å². The van der Waals surface area contributed by atoms with Crippen molar-refractivity contribution in [1.29, 1.82) is 0 Å². The van der Waals surface area contributed by atoms with Crippen LogP contribution in [0.3, 0.4) is 0 Å². The molecule has 0 atom stereocenters. The molecule has 0 saturated heterocycles. The first kappa shape index (κ1) is 15.1. The zero-order valence-corrected chi connectivity index (χ0v) is 11.1. The number of hydrogen-bond acceptors (Lipinski definition) is 2. The summed E-state index contributed by atoms with van der Waals surface area (Å²) in [4.78, 5) is 23.1. The molecule has 0 aromatic heterocycles. The Hall–Kier alpha value is -1.91. The SMILES string of the molecule is CCC(CC)(NC(=O)Cc1ccccc1F)C(=O)O. The van der Waals surface area contributed by atoms with Crippen LogP contribution in [0.2, 0.25) is 0 Å². The van der Waals surface area contributed by atoms with Crippen molar-refractivity contribution in [3.05, 3.63) is 35.6 Å². The van der Waals surface area contributed by atoms with Gasteiger partial charge in [-0.2, -0.15) is 0 Å². The van der Waals surface area contributed by atoms with Gasteiger partial charge in [0.25, 0.3) is 0 Å². The summed E-state index contributed by atoms with van der Waals surface area (Å²) in [5.74, 6) is -2.03. The number of rotatable bonds is 6. The predicted molar refractivity (Wildman–Crippen MR) is 69.2 cm³/mol. The van der Waals surface area contributed by atoms with Crippen LogP contribution in [0.1, 0.15) is 32.3 Å². The Labute approximate surface area is 111 Å². The molecule has 0 aliphatic carbocycles. The molecule has 0 radical (unpaired) electrons. The van der Waals surface area contributed by atoms with Crippen molar-refractivity contribution in [2.24, 2.45) is 0 Å². The van der Waals surface area contributed by atoms with E-state index in [0.717, 1.165) is 0 Å². The normalized spacial score (nSPS) is 11.1. The number of halogens is 1. The molecule has 1 rings (SSSR count). The van der Waals surface area contributed by atoms with Gasteiger partial charge < -0.3 is 10.4 Å². The Kier molecular flexibility index (Phi) is 5.03. The van der Waals surface area contributed by atoms with Crippen molar-refractivity contribution in [2.45, 2.75) is 38.6 Å². The van der Waals surface area contributed by atoms with E-state index in [9.17, 15) is 19.1 Å². The molecule has 0 aliphatic rings. The number of carboxylic acids is 1. The quantitative estimate of drug-likeness (QED) is 0.829. The largest absolute Gasteiger partial charge is 0.480 e. The Morgan fingerprint density at radius 3 is 2.32 bits per heavy atom. The number of aliphatic carboxylic acids is 1. The minimum Gasteiger partial charge on any atom is -0.480 e. The van der Waals surface area contributed by atoms with E-state index in [-0.39, 0.29) is 24.8 Å². The Morgan fingerprint density at radius 2 is 1.84 bits per heavy atom. The fourth-order valence-corrected chi connectivity index (χ4v) is 1.91. The number of carbonyl (C=O) groups is 2. The number of benzene rings is 1. The van der Waals surface area contributed by atoms with Crippen molar-refractivity contribution in [2.75, 3.05) is 0 Å². The molecule has 0 aliphatic heterocycles. The van der Waals surface area contributed by atoms with E-state index in [4.69, 9.17) is 0 Å². The third-order valence-electron chi connectivity index (χ3n) is 3.30. The monoisotopic (exact) mass is 267 g/mol. The van der Waals surface area contributed by atoms with Gasteiger partial charge in [0, 0.05) is 0 Å². The average molecular weight is 267 g/mol. The second-order valence-electron chi connectivity index (χ2n) is 4.41. The Balaban J connectivity index is 2.80. The number of nitrogens with one attached hydrogen (secondary N) is 1. The lowest BCUT2D eigenvalue weighted by Crippen LogP contribution is -2.54. The molecule has 0 spiro atoms. The van der Waals surface area contributed by atoms with Gasteiger partial charge in [-0.05, 0) is 24.5 Å². The molecule has 0 fully saturated rings. The van der Waals surface area contributed by atoms with Gasteiger partial charge in [0.1, 0.15) is 11.4 Å². The van der Waals surface area contributed by atoms with Gasteiger partial charge in [0.05, 0.1) is 6.42 Å². The molecule has 0 unspecified atom stereocenters. The number of hydrogen-bond donors (Lipinski definition) is 2. The summed E-state index contributed by atoms with van der Waals surface area (Å²) in [7, 11) is 0. The van der Waals surface area contributed by atoms with Gasteiger partial charge in [-0.3, -0.25) is 4.79 Å². The summed E-state index contributed by atoms with van der Waals surface area (Å²) in [6.07, 6.45) is 0.394. The van der Waals surface area contributed by atoms with E-state index in [1.165, 1.54) is 18.2 Å². The summed E-state index contributed by atoms with van der Waals surface area (Å²) in [6, 6.07) is 5.95. The molecule has 5 heteroatoms. The summed E-state index contributed by atoms with van der Waals surface area (Å²) in [5, 5.41) is 11.7. The van der Waals surface area contributed by atoms with Crippen LogP contribution in [0.5, 0.6) is 0 Å². The molecule has 0 heterocycles. The molecule has 1 aromatic rings. The molecule has 0 bridgehead atoms. The highest BCUT2D eigenvalue weighted by Gasteiger charge is 2.36. The van der Waals surface area contributed by atoms with Gasteiger partial charge in [-0.1, -0.05) is 32.0 Å². The van der Waals surface area contributed by atoms with Crippen LogP contribution in [0.15, 0.2) is 24.3 Å². The first-order valence-electron chi connectivity index (χ1n) is 6.23. The lowest BCUT2D eigenvalue weighted by atomic mass is 9.92. The fraction of sp³-hybridized carbons (Fsp3) is 0.429. The molecule has 1 amide bonds. The van der Waals surface area contributed by atoms with Crippen molar-refractivity contribution in [1.82, 2.24) is 5.32 Å². The first-order valence-corrected chi connectivity index (χ1v) is 6.23. The minimum atomic E-state index is -1.28. The van der Waals surface area contributed by atoms with Gasteiger partial charge in [-0.15, -0.1) is 0 Å². The van der Waals surface area contributed by atoms with Crippen LogP contribution in [0.4, 0.5) is 4.39 Å². The van der Waals surface area contributed by atoms with Crippen LogP contribution < -0.4 is 5.32 Å². The fourth-order valence-electron chi connectivity index (χ4n) is 1.91. The van der Waals surface area contributed by atoms with Crippen LogP contribution in [0.25, 0.3) is 0 Å². The second kappa shape index (κ2) is 6.31.